The molecule has 0 bridgehead atoms. The van der Waals surface area contributed by atoms with Gasteiger partial charge in [-0.3, -0.25) is 14.6 Å². The molecule has 5 heteroatoms. The zero-order chi connectivity index (χ0) is 18.6. The molecule has 27 heavy (non-hydrogen) atoms. The van der Waals surface area contributed by atoms with Crippen molar-refractivity contribution in [2.45, 2.75) is 44.1 Å². The van der Waals surface area contributed by atoms with Crippen LogP contribution < -0.4 is 5.32 Å². The third-order valence-corrected chi connectivity index (χ3v) is 5.74. The number of carbonyl (C=O) groups is 2. The van der Waals surface area contributed by atoms with Gasteiger partial charge in [-0.25, -0.2) is 0 Å². The fourth-order valence-corrected chi connectivity index (χ4v) is 4.23. The van der Waals surface area contributed by atoms with E-state index in [0.29, 0.717) is 18.7 Å². The third-order valence-electron chi connectivity index (χ3n) is 5.74. The van der Waals surface area contributed by atoms with Gasteiger partial charge in [-0.15, -0.1) is 0 Å². The van der Waals surface area contributed by atoms with Crippen LogP contribution in [0.2, 0.25) is 0 Å². The highest BCUT2D eigenvalue weighted by Crippen LogP contribution is 2.31. The zero-order valence-corrected chi connectivity index (χ0v) is 15.4. The molecule has 1 aromatic heterocycles. The highest BCUT2D eigenvalue weighted by atomic mass is 16.2. The third kappa shape index (κ3) is 3.87. The van der Waals surface area contributed by atoms with Crippen LogP contribution in [-0.4, -0.2) is 40.8 Å². The fraction of sp³-hybridized carbons (Fsp3) is 0.409. The first kappa shape index (κ1) is 17.7. The van der Waals surface area contributed by atoms with Crippen LogP contribution >= 0.6 is 0 Å². The average Bonchev–Trinajstić information content (AvgIpc) is 2.74. The number of likely N-dealkylation sites (tertiary alicyclic amines) is 1. The molecule has 0 unspecified atom stereocenters. The van der Waals surface area contributed by atoms with Crippen LogP contribution in [0.1, 0.15) is 53.1 Å². The molecule has 1 aliphatic heterocycles. The van der Waals surface area contributed by atoms with Gasteiger partial charge in [0.2, 0.25) is 5.91 Å². The molecule has 140 valence electrons. The van der Waals surface area contributed by atoms with Crippen LogP contribution in [0.4, 0.5) is 0 Å². The number of benzene rings is 1. The van der Waals surface area contributed by atoms with E-state index in [0.717, 1.165) is 32.1 Å². The maximum Gasteiger partial charge on any atom is 0.253 e. The van der Waals surface area contributed by atoms with Crippen molar-refractivity contribution in [3.05, 3.63) is 65.5 Å². The number of aryl methyl sites for hydroxylation is 1. The summed E-state index contributed by atoms with van der Waals surface area (Å²) >= 11 is 0. The van der Waals surface area contributed by atoms with Gasteiger partial charge in [0.25, 0.3) is 5.91 Å². The van der Waals surface area contributed by atoms with Crippen LogP contribution in [0, 0.1) is 0 Å². The van der Waals surface area contributed by atoms with Crippen molar-refractivity contribution < 1.29 is 9.59 Å². The lowest BCUT2D eigenvalue weighted by Gasteiger charge is -2.34. The molecule has 2 aliphatic rings. The number of pyridine rings is 1. The Balaban J connectivity index is 1.33. The average molecular weight is 363 g/mol. The SMILES string of the molecule is O=C(NC1CCN(C(=O)c2ccncc2)CC1)[C@@H]1CCCc2ccccc21. The largest absolute Gasteiger partial charge is 0.353 e. The maximum absolute atomic E-state index is 12.9. The zero-order valence-electron chi connectivity index (χ0n) is 15.4. The number of hydrogen-bond acceptors (Lipinski definition) is 3. The number of rotatable bonds is 3. The van der Waals surface area contributed by atoms with Crippen molar-refractivity contribution in [2.24, 2.45) is 0 Å². The summed E-state index contributed by atoms with van der Waals surface area (Å²) in [7, 11) is 0. The van der Waals surface area contributed by atoms with Crippen LogP contribution in [0.25, 0.3) is 0 Å². The van der Waals surface area contributed by atoms with Crippen molar-refractivity contribution in [3.63, 3.8) is 0 Å². The van der Waals surface area contributed by atoms with E-state index in [2.05, 4.69) is 28.5 Å². The Bertz CT molecular complexity index is 813. The molecule has 0 saturated carbocycles. The molecule has 4 rings (SSSR count). The summed E-state index contributed by atoms with van der Waals surface area (Å²) in [6, 6.07) is 11.9. The maximum atomic E-state index is 12.9. The first-order chi connectivity index (χ1) is 13.2. The van der Waals surface area contributed by atoms with E-state index in [-0.39, 0.29) is 23.8 Å². The minimum atomic E-state index is -0.0357. The first-order valence-corrected chi connectivity index (χ1v) is 9.80. The monoisotopic (exact) mass is 363 g/mol. The lowest BCUT2D eigenvalue weighted by atomic mass is 9.82. The Labute approximate surface area is 159 Å². The van der Waals surface area contributed by atoms with E-state index in [1.165, 1.54) is 11.1 Å². The molecule has 0 radical (unpaired) electrons. The summed E-state index contributed by atoms with van der Waals surface area (Å²) in [5.74, 6) is 0.149. The van der Waals surface area contributed by atoms with Crippen molar-refractivity contribution in [2.75, 3.05) is 13.1 Å². The van der Waals surface area contributed by atoms with Crippen LogP contribution in [-0.2, 0) is 11.2 Å². The van der Waals surface area contributed by atoms with E-state index in [9.17, 15) is 9.59 Å². The minimum absolute atomic E-state index is 0.0357. The summed E-state index contributed by atoms with van der Waals surface area (Å²) in [4.78, 5) is 31.2. The second-order valence-electron chi connectivity index (χ2n) is 7.45. The predicted octanol–water partition coefficient (Wildman–Crippen LogP) is 2.92. The van der Waals surface area contributed by atoms with Gasteiger partial charge >= 0.3 is 0 Å². The normalized spacial score (nSPS) is 20.0. The topological polar surface area (TPSA) is 62.3 Å². The van der Waals surface area contributed by atoms with Gasteiger partial charge < -0.3 is 10.2 Å². The second-order valence-corrected chi connectivity index (χ2v) is 7.45. The summed E-state index contributed by atoms with van der Waals surface area (Å²) < 4.78 is 0. The highest BCUT2D eigenvalue weighted by Gasteiger charge is 2.29. The number of hydrogen-bond donors (Lipinski definition) is 1. The summed E-state index contributed by atoms with van der Waals surface area (Å²) in [5.41, 5.74) is 3.17. The number of fused-ring (bicyclic) bond motifs is 1. The standard InChI is InChI=1S/C22H25N3O2/c26-21(20-7-3-5-16-4-1-2-6-19(16)20)24-18-10-14-25(15-11-18)22(27)17-8-12-23-13-9-17/h1-2,4,6,8-9,12-13,18,20H,3,5,7,10-11,14-15H2,(H,24,26)/t20-/m1/s1. The Kier molecular flexibility index (Phi) is 5.19. The molecule has 2 amide bonds. The molecule has 1 N–H and O–H groups in total. The molecule has 1 fully saturated rings. The number of amides is 2. The van der Waals surface area contributed by atoms with E-state index >= 15 is 0 Å². The molecule has 1 saturated heterocycles. The molecular weight excluding hydrogens is 338 g/mol. The van der Waals surface area contributed by atoms with E-state index in [4.69, 9.17) is 0 Å². The summed E-state index contributed by atoms with van der Waals surface area (Å²) in [6.45, 7) is 1.35. The molecule has 1 atom stereocenters. The summed E-state index contributed by atoms with van der Waals surface area (Å²) in [5, 5.41) is 3.24. The van der Waals surface area contributed by atoms with Gasteiger partial charge in [0, 0.05) is 37.1 Å². The molecular formula is C22H25N3O2. The predicted molar refractivity (Wildman–Crippen MR) is 103 cm³/mol. The Morgan fingerprint density at radius 1 is 1.00 bits per heavy atom. The fourth-order valence-electron chi connectivity index (χ4n) is 4.23. The first-order valence-electron chi connectivity index (χ1n) is 9.80. The molecule has 5 nitrogen and oxygen atoms in total. The molecule has 0 spiro atoms. The number of piperidine rings is 1. The molecule has 1 aromatic carbocycles. The number of nitrogens with one attached hydrogen (secondary N) is 1. The smallest absolute Gasteiger partial charge is 0.253 e. The van der Waals surface area contributed by atoms with Gasteiger partial charge in [0.15, 0.2) is 0 Å². The summed E-state index contributed by atoms with van der Waals surface area (Å²) in [6.07, 6.45) is 7.93. The lowest BCUT2D eigenvalue weighted by molar-refractivity contribution is -0.123. The van der Waals surface area contributed by atoms with Crippen molar-refractivity contribution in [1.29, 1.82) is 0 Å². The minimum Gasteiger partial charge on any atom is -0.353 e. The number of carbonyl (C=O) groups excluding carboxylic acids is 2. The van der Waals surface area contributed by atoms with E-state index in [1.54, 1.807) is 24.5 Å². The molecule has 2 heterocycles. The number of nitrogens with zero attached hydrogens (tertiary/aromatic N) is 2. The Hall–Kier alpha value is -2.69. The van der Waals surface area contributed by atoms with Gasteiger partial charge in [-0.05, 0) is 55.4 Å². The highest BCUT2D eigenvalue weighted by molar-refractivity contribution is 5.94. The van der Waals surface area contributed by atoms with Crippen molar-refractivity contribution in [1.82, 2.24) is 15.2 Å². The van der Waals surface area contributed by atoms with Crippen LogP contribution in [0.3, 0.4) is 0 Å². The van der Waals surface area contributed by atoms with E-state index in [1.807, 2.05) is 11.0 Å². The quantitative estimate of drug-likeness (QED) is 0.912. The molecule has 2 aromatic rings. The van der Waals surface area contributed by atoms with Gasteiger partial charge in [0.1, 0.15) is 0 Å². The van der Waals surface area contributed by atoms with Crippen molar-refractivity contribution in [3.8, 4) is 0 Å². The van der Waals surface area contributed by atoms with Crippen molar-refractivity contribution >= 4 is 11.8 Å². The van der Waals surface area contributed by atoms with Crippen LogP contribution in [0.15, 0.2) is 48.8 Å². The lowest BCUT2D eigenvalue weighted by Crippen LogP contribution is -2.47. The van der Waals surface area contributed by atoms with Gasteiger partial charge in [-0.2, -0.15) is 0 Å². The Morgan fingerprint density at radius 2 is 1.74 bits per heavy atom. The second kappa shape index (κ2) is 7.91. The molecule has 1 aliphatic carbocycles. The van der Waals surface area contributed by atoms with Crippen LogP contribution in [0.5, 0.6) is 0 Å². The number of aromatic nitrogens is 1. The van der Waals surface area contributed by atoms with E-state index < -0.39 is 0 Å². The van der Waals surface area contributed by atoms with Gasteiger partial charge in [-0.1, -0.05) is 24.3 Å². The van der Waals surface area contributed by atoms with Gasteiger partial charge in [0.05, 0.1) is 5.92 Å². The Morgan fingerprint density at radius 3 is 2.52 bits per heavy atom.